The van der Waals surface area contributed by atoms with Gasteiger partial charge in [-0.2, -0.15) is 0 Å². The van der Waals surface area contributed by atoms with Crippen molar-refractivity contribution in [1.82, 2.24) is 0 Å². The summed E-state index contributed by atoms with van der Waals surface area (Å²) in [6, 6.07) is 0. The van der Waals surface area contributed by atoms with Crippen LogP contribution in [0.4, 0.5) is 0 Å². The van der Waals surface area contributed by atoms with E-state index in [0.717, 1.165) is 19.3 Å². The monoisotopic (exact) mass is 534 g/mol. The smallest absolute Gasteiger partial charge is 0.163 e. The van der Waals surface area contributed by atoms with E-state index in [2.05, 4.69) is 19.2 Å². The third-order valence-electron chi connectivity index (χ3n) is 8.43. The van der Waals surface area contributed by atoms with E-state index >= 15 is 0 Å². The Balaban J connectivity index is 1.37. The van der Waals surface area contributed by atoms with Gasteiger partial charge in [0.05, 0.1) is 18.3 Å². The fraction of sp³-hybridized carbons (Fsp3) is 0.909. The second-order valence-corrected chi connectivity index (χ2v) is 12.9. The van der Waals surface area contributed by atoms with E-state index in [4.69, 9.17) is 23.7 Å². The molecule has 0 amide bonds. The molecule has 3 rings (SSSR count). The SMILES string of the molecule is C=C=C[C@]1(CCCCCCCCCCCCCCCCC)C[C@H]2OC(C)(C)O[C@H]2[C@@H]([C@H]2COC(C)(C)O2)O1. The minimum atomic E-state index is -0.630. The van der Waals surface area contributed by atoms with Gasteiger partial charge in [0.25, 0.3) is 0 Å². The van der Waals surface area contributed by atoms with Crippen LogP contribution >= 0.6 is 0 Å². The van der Waals surface area contributed by atoms with Gasteiger partial charge in [-0.3, -0.25) is 0 Å². The van der Waals surface area contributed by atoms with Crippen molar-refractivity contribution >= 4 is 0 Å². The van der Waals surface area contributed by atoms with E-state index in [0.29, 0.717) is 6.61 Å². The van der Waals surface area contributed by atoms with Gasteiger partial charge in [0, 0.05) is 6.42 Å². The van der Waals surface area contributed by atoms with Gasteiger partial charge in [-0.25, -0.2) is 0 Å². The Hall–Kier alpha value is -0.680. The van der Waals surface area contributed by atoms with Crippen LogP contribution in [0, 0.1) is 0 Å². The summed E-state index contributed by atoms with van der Waals surface area (Å²) >= 11 is 0. The van der Waals surface area contributed by atoms with Crippen LogP contribution in [0.2, 0.25) is 0 Å². The van der Waals surface area contributed by atoms with Crippen LogP contribution in [0.5, 0.6) is 0 Å². The lowest BCUT2D eigenvalue weighted by atomic mass is 9.82. The highest BCUT2D eigenvalue weighted by Gasteiger charge is 2.57. The fourth-order valence-corrected chi connectivity index (χ4v) is 6.50. The fourth-order valence-electron chi connectivity index (χ4n) is 6.50. The number of rotatable bonds is 18. The number of hydrogen-bond acceptors (Lipinski definition) is 5. The Morgan fingerprint density at radius 3 is 1.66 bits per heavy atom. The molecule has 3 aliphatic heterocycles. The molecule has 5 atom stereocenters. The molecule has 3 fully saturated rings. The highest BCUT2D eigenvalue weighted by molar-refractivity contribution is 5.10. The zero-order chi connectivity index (χ0) is 27.5. The minimum Gasteiger partial charge on any atom is -0.361 e. The summed E-state index contributed by atoms with van der Waals surface area (Å²) in [6.07, 6.45) is 23.5. The van der Waals surface area contributed by atoms with E-state index in [1.165, 1.54) is 89.9 Å². The first-order valence-electron chi connectivity index (χ1n) is 15.9. The lowest BCUT2D eigenvalue weighted by Gasteiger charge is -2.45. The third-order valence-corrected chi connectivity index (χ3v) is 8.43. The van der Waals surface area contributed by atoms with Gasteiger partial charge in [-0.15, -0.1) is 5.73 Å². The molecule has 0 unspecified atom stereocenters. The highest BCUT2D eigenvalue weighted by atomic mass is 16.8. The Morgan fingerprint density at radius 2 is 1.16 bits per heavy atom. The third kappa shape index (κ3) is 10.1. The molecule has 0 bridgehead atoms. The Morgan fingerprint density at radius 1 is 0.658 bits per heavy atom. The summed E-state index contributed by atoms with van der Waals surface area (Å²) in [4.78, 5) is 0. The predicted octanol–water partition coefficient (Wildman–Crippen LogP) is 8.79. The maximum Gasteiger partial charge on any atom is 0.163 e. The van der Waals surface area contributed by atoms with Crippen molar-refractivity contribution in [3.8, 4) is 0 Å². The molecule has 0 spiro atoms. The van der Waals surface area contributed by atoms with E-state index in [9.17, 15) is 0 Å². The van der Waals surface area contributed by atoms with Crippen LogP contribution < -0.4 is 0 Å². The molecule has 0 aromatic heterocycles. The van der Waals surface area contributed by atoms with E-state index < -0.39 is 17.2 Å². The van der Waals surface area contributed by atoms with Crippen molar-refractivity contribution in [2.75, 3.05) is 6.61 Å². The molecule has 0 radical (unpaired) electrons. The van der Waals surface area contributed by atoms with Crippen molar-refractivity contribution < 1.29 is 23.7 Å². The van der Waals surface area contributed by atoms with Crippen LogP contribution in [0.1, 0.15) is 144 Å². The Bertz CT molecular complexity index is 727. The highest BCUT2D eigenvalue weighted by Crippen LogP contribution is 2.46. The molecular formula is C33H58O5. The van der Waals surface area contributed by atoms with Gasteiger partial charge in [0.2, 0.25) is 0 Å². The number of fused-ring (bicyclic) bond motifs is 1. The van der Waals surface area contributed by atoms with Crippen molar-refractivity contribution in [2.45, 2.75) is 185 Å². The summed E-state index contributed by atoms with van der Waals surface area (Å²) in [5.74, 6) is -1.24. The van der Waals surface area contributed by atoms with Crippen molar-refractivity contribution in [3.63, 3.8) is 0 Å². The largest absolute Gasteiger partial charge is 0.361 e. The van der Waals surface area contributed by atoms with Crippen LogP contribution in [-0.4, -0.2) is 48.2 Å². The average molecular weight is 535 g/mol. The van der Waals surface area contributed by atoms with Gasteiger partial charge in [-0.1, -0.05) is 110 Å². The first-order valence-corrected chi connectivity index (χ1v) is 15.9. The zero-order valence-electron chi connectivity index (χ0n) is 25.4. The van der Waals surface area contributed by atoms with Crippen molar-refractivity contribution in [2.24, 2.45) is 0 Å². The van der Waals surface area contributed by atoms with Crippen molar-refractivity contribution in [1.29, 1.82) is 0 Å². The average Bonchev–Trinajstić information content (AvgIpc) is 3.38. The lowest BCUT2D eigenvalue weighted by Crippen LogP contribution is -2.57. The van der Waals surface area contributed by atoms with Gasteiger partial charge in [0.1, 0.15) is 18.3 Å². The summed E-state index contributed by atoms with van der Waals surface area (Å²) in [6.45, 7) is 14.6. The minimum absolute atomic E-state index is 0.0444. The molecule has 0 saturated carbocycles. The number of ether oxygens (including phenoxy) is 5. The second kappa shape index (κ2) is 15.4. The van der Waals surface area contributed by atoms with Gasteiger partial charge >= 0.3 is 0 Å². The van der Waals surface area contributed by atoms with E-state index in [1.54, 1.807) is 0 Å². The molecule has 3 aliphatic rings. The maximum atomic E-state index is 6.85. The van der Waals surface area contributed by atoms with E-state index in [1.807, 2.05) is 33.8 Å². The Labute approximate surface area is 234 Å². The molecule has 3 heterocycles. The molecule has 0 aliphatic carbocycles. The van der Waals surface area contributed by atoms with Gasteiger partial charge < -0.3 is 23.7 Å². The van der Waals surface area contributed by atoms with Crippen molar-refractivity contribution in [3.05, 3.63) is 18.4 Å². The molecular weight excluding hydrogens is 476 g/mol. The zero-order valence-corrected chi connectivity index (χ0v) is 25.4. The summed E-state index contributed by atoms with van der Waals surface area (Å²) in [5.41, 5.74) is 2.59. The first-order chi connectivity index (χ1) is 18.2. The second-order valence-electron chi connectivity index (χ2n) is 12.9. The summed E-state index contributed by atoms with van der Waals surface area (Å²) in [5, 5.41) is 0. The van der Waals surface area contributed by atoms with E-state index in [-0.39, 0.29) is 24.4 Å². The normalized spacial score (nSPS) is 31.7. The predicted molar refractivity (Wildman–Crippen MR) is 154 cm³/mol. The first kappa shape index (κ1) is 31.8. The molecule has 5 heteroatoms. The molecule has 220 valence electrons. The molecule has 0 N–H and O–H groups in total. The molecule has 38 heavy (non-hydrogen) atoms. The van der Waals surface area contributed by atoms with Gasteiger partial charge in [-0.05, 0) is 40.2 Å². The van der Waals surface area contributed by atoms with Crippen LogP contribution in [0.15, 0.2) is 18.4 Å². The topological polar surface area (TPSA) is 46.2 Å². The summed E-state index contributed by atoms with van der Waals surface area (Å²) < 4.78 is 31.6. The Kier molecular flexibility index (Phi) is 12.9. The molecule has 5 nitrogen and oxygen atoms in total. The van der Waals surface area contributed by atoms with Crippen LogP contribution in [0.25, 0.3) is 0 Å². The van der Waals surface area contributed by atoms with Crippen LogP contribution in [0.3, 0.4) is 0 Å². The van der Waals surface area contributed by atoms with Gasteiger partial charge in [0.15, 0.2) is 11.6 Å². The molecule has 0 aromatic carbocycles. The maximum absolute atomic E-state index is 6.85. The quantitative estimate of drug-likeness (QED) is 0.130. The lowest BCUT2D eigenvalue weighted by molar-refractivity contribution is -0.222. The number of hydrogen-bond donors (Lipinski definition) is 0. The standard InChI is InChI=1S/C33H58O5/c1-7-9-10-11-12-13-14-15-16-17-18-19-20-21-22-24-33(23-8-2)25-27-29(37-32(5,6)35-27)30(38-33)28-26-34-31(3,4)36-28/h23,27-30H,2,7,9-22,24-26H2,1,3-6H3/t27-,28-,29-,30-,33+/m1/s1. The molecule has 3 saturated heterocycles. The van der Waals surface area contributed by atoms with Crippen LogP contribution in [-0.2, 0) is 23.7 Å². The number of unbranched alkanes of at least 4 members (excludes halogenated alkanes) is 14. The molecule has 0 aromatic rings. The summed E-state index contributed by atoms with van der Waals surface area (Å²) in [7, 11) is 0.